The summed E-state index contributed by atoms with van der Waals surface area (Å²) in [6.45, 7) is 5.88. The lowest BCUT2D eigenvalue weighted by Crippen LogP contribution is -2.54. The first kappa shape index (κ1) is 11.5. The zero-order valence-corrected chi connectivity index (χ0v) is 9.20. The summed E-state index contributed by atoms with van der Waals surface area (Å²) in [4.78, 5) is 10.9. The molecular weight excluding hydrogens is 184 g/mol. The fourth-order valence-electron chi connectivity index (χ4n) is 1.79. The van der Waals surface area contributed by atoms with Crippen molar-refractivity contribution >= 4 is 5.97 Å². The molecule has 0 spiro atoms. The van der Waals surface area contributed by atoms with E-state index in [1.807, 2.05) is 13.8 Å². The molecule has 1 aliphatic rings. The predicted molar refractivity (Wildman–Crippen MR) is 51.0 cm³/mol. The van der Waals surface area contributed by atoms with Gasteiger partial charge in [-0.05, 0) is 13.8 Å². The molecule has 0 amide bonds. The second kappa shape index (κ2) is 4.28. The summed E-state index contributed by atoms with van der Waals surface area (Å²) in [7, 11) is 1.63. The standard InChI is InChI=1S/C10H18O4/c1-7-9(14-8(2)11)10(3,12-4)5-6-13-7/h7,9H,5-6H2,1-4H3/t7-,9-,10?/m0/s1. The first-order valence-electron chi connectivity index (χ1n) is 4.83. The molecule has 0 aliphatic carbocycles. The topological polar surface area (TPSA) is 44.8 Å². The van der Waals surface area contributed by atoms with E-state index < -0.39 is 5.60 Å². The van der Waals surface area contributed by atoms with Gasteiger partial charge < -0.3 is 14.2 Å². The zero-order chi connectivity index (χ0) is 10.8. The summed E-state index contributed by atoms with van der Waals surface area (Å²) in [6, 6.07) is 0. The van der Waals surface area contributed by atoms with Gasteiger partial charge in [0.2, 0.25) is 0 Å². The molecular formula is C10H18O4. The molecule has 1 heterocycles. The van der Waals surface area contributed by atoms with Crippen LogP contribution in [0.5, 0.6) is 0 Å². The Labute approximate surface area is 84.5 Å². The highest BCUT2D eigenvalue weighted by Gasteiger charge is 2.44. The maximum atomic E-state index is 10.9. The number of rotatable bonds is 2. The third-order valence-electron chi connectivity index (χ3n) is 2.77. The Kier molecular flexibility index (Phi) is 3.50. The largest absolute Gasteiger partial charge is 0.457 e. The number of esters is 1. The van der Waals surface area contributed by atoms with E-state index in [-0.39, 0.29) is 18.2 Å². The average molecular weight is 202 g/mol. The molecule has 0 aromatic carbocycles. The normalized spacial score (nSPS) is 38.0. The minimum Gasteiger partial charge on any atom is -0.457 e. The van der Waals surface area contributed by atoms with Crippen molar-refractivity contribution in [2.24, 2.45) is 0 Å². The van der Waals surface area contributed by atoms with E-state index >= 15 is 0 Å². The van der Waals surface area contributed by atoms with Crippen molar-refractivity contribution in [2.45, 2.75) is 45.0 Å². The van der Waals surface area contributed by atoms with Crippen LogP contribution >= 0.6 is 0 Å². The predicted octanol–water partition coefficient (Wildman–Crippen LogP) is 1.13. The Balaban J connectivity index is 2.75. The van der Waals surface area contributed by atoms with Crippen LogP contribution in [0.1, 0.15) is 27.2 Å². The fourth-order valence-corrected chi connectivity index (χ4v) is 1.79. The van der Waals surface area contributed by atoms with Gasteiger partial charge in [-0.1, -0.05) is 0 Å². The van der Waals surface area contributed by atoms with Crippen molar-refractivity contribution in [1.29, 1.82) is 0 Å². The first-order valence-corrected chi connectivity index (χ1v) is 4.83. The monoisotopic (exact) mass is 202 g/mol. The number of carbonyl (C=O) groups is 1. The molecule has 0 bridgehead atoms. The molecule has 0 saturated carbocycles. The van der Waals surface area contributed by atoms with Crippen LogP contribution in [-0.2, 0) is 19.0 Å². The van der Waals surface area contributed by atoms with Gasteiger partial charge in [0.05, 0.1) is 6.10 Å². The van der Waals surface area contributed by atoms with E-state index in [2.05, 4.69) is 0 Å². The summed E-state index contributed by atoms with van der Waals surface area (Å²) in [5.74, 6) is -0.296. The number of methoxy groups -OCH3 is 1. The van der Waals surface area contributed by atoms with Crippen LogP contribution in [0.2, 0.25) is 0 Å². The number of hydrogen-bond donors (Lipinski definition) is 0. The van der Waals surface area contributed by atoms with E-state index in [4.69, 9.17) is 14.2 Å². The Morgan fingerprint density at radius 2 is 2.21 bits per heavy atom. The van der Waals surface area contributed by atoms with Crippen LogP contribution in [0.15, 0.2) is 0 Å². The van der Waals surface area contributed by atoms with Crippen molar-refractivity contribution in [3.05, 3.63) is 0 Å². The number of ether oxygens (including phenoxy) is 3. The second-order valence-electron chi connectivity index (χ2n) is 3.87. The van der Waals surface area contributed by atoms with Gasteiger partial charge in [-0.3, -0.25) is 4.79 Å². The highest BCUT2D eigenvalue weighted by Crippen LogP contribution is 2.30. The third-order valence-corrected chi connectivity index (χ3v) is 2.77. The molecule has 0 N–H and O–H groups in total. The SMILES string of the molecule is COC1(C)CCO[C@@H](C)[C@@H]1OC(C)=O. The van der Waals surface area contributed by atoms with Gasteiger partial charge in [0.15, 0.2) is 6.10 Å². The molecule has 0 radical (unpaired) electrons. The maximum Gasteiger partial charge on any atom is 0.303 e. The van der Waals surface area contributed by atoms with Crippen molar-refractivity contribution in [2.75, 3.05) is 13.7 Å². The van der Waals surface area contributed by atoms with E-state index in [0.717, 1.165) is 6.42 Å². The summed E-state index contributed by atoms with van der Waals surface area (Å²) >= 11 is 0. The smallest absolute Gasteiger partial charge is 0.303 e. The summed E-state index contributed by atoms with van der Waals surface area (Å²) in [5.41, 5.74) is -0.427. The average Bonchev–Trinajstić information content (AvgIpc) is 2.12. The molecule has 1 rings (SSSR count). The molecule has 4 heteroatoms. The van der Waals surface area contributed by atoms with E-state index in [1.165, 1.54) is 6.92 Å². The number of carbonyl (C=O) groups excluding carboxylic acids is 1. The fraction of sp³-hybridized carbons (Fsp3) is 0.900. The molecule has 14 heavy (non-hydrogen) atoms. The van der Waals surface area contributed by atoms with Crippen LogP contribution in [-0.4, -0.2) is 37.5 Å². The van der Waals surface area contributed by atoms with Crippen LogP contribution < -0.4 is 0 Å². The van der Waals surface area contributed by atoms with Crippen LogP contribution in [0.25, 0.3) is 0 Å². The number of hydrogen-bond acceptors (Lipinski definition) is 4. The minimum atomic E-state index is -0.427. The molecule has 1 aliphatic heterocycles. The lowest BCUT2D eigenvalue weighted by molar-refractivity contribution is -0.210. The molecule has 3 atom stereocenters. The molecule has 82 valence electrons. The Hall–Kier alpha value is -0.610. The van der Waals surface area contributed by atoms with Crippen molar-refractivity contribution in [3.8, 4) is 0 Å². The van der Waals surface area contributed by atoms with Gasteiger partial charge >= 0.3 is 5.97 Å². The van der Waals surface area contributed by atoms with Gasteiger partial charge in [0.1, 0.15) is 5.60 Å². The van der Waals surface area contributed by atoms with Crippen LogP contribution in [0.3, 0.4) is 0 Å². The highest BCUT2D eigenvalue weighted by molar-refractivity contribution is 5.66. The van der Waals surface area contributed by atoms with Gasteiger partial charge in [-0.15, -0.1) is 0 Å². The Morgan fingerprint density at radius 3 is 2.71 bits per heavy atom. The van der Waals surface area contributed by atoms with Crippen LogP contribution in [0, 0.1) is 0 Å². The van der Waals surface area contributed by atoms with Gasteiger partial charge in [-0.25, -0.2) is 0 Å². The molecule has 4 nitrogen and oxygen atoms in total. The minimum absolute atomic E-state index is 0.113. The molecule has 0 aromatic rings. The van der Waals surface area contributed by atoms with E-state index in [0.29, 0.717) is 6.61 Å². The molecule has 1 unspecified atom stereocenters. The lowest BCUT2D eigenvalue weighted by Gasteiger charge is -2.42. The van der Waals surface area contributed by atoms with Gasteiger partial charge in [0.25, 0.3) is 0 Å². The van der Waals surface area contributed by atoms with E-state index in [9.17, 15) is 4.79 Å². The van der Waals surface area contributed by atoms with Crippen LogP contribution in [0.4, 0.5) is 0 Å². The zero-order valence-electron chi connectivity index (χ0n) is 9.20. The quantitative estimate of drug-likeness (QED) is 0.630. The summed E-state index contributed by atoms with van der Waals surface area (Å²) in [5, 5.41) is 0. The third kappa shape index (κ3) is 2.25. The summed E-state index contributed by atoms with van der Waals surface area (Å²) in [6.07, 6.45) is 0.308. The Bertz CT molecular complexity index is 216. The van der Waals surface area contributed by atoms with Gasteiger partial charge in [0, 0.05) is 27.1 Å². The van der Waals surface area contributed by atoms with Gasteiger partial charge in [-0.2, -0.15) is 0 Å². The second-order valence-corrected chi connectivity index (χ2v) is 3.87. The molecule has 1 fully saturated rings. The van der Waals surface area contributed by atoms with Crippen molar-refractivity contribution in [1.82, 2.24) is 0 Å². The van der Waals surface area contributed by atoms with E-state index in [1.54, 1.807) is 7.11 Å². The molecule has 1 saturated heterocycles. The lowest BCUT2D eigenvalue weighted by atomic mass is 9.89. The molecule has 0 aromatic heterocycles. The maximum absolute atomic E-state index is 10.9. The summed E-state index contributed by atoms with van der Waals surface area (Å²) < 4.78 is 16.1. The van der Waals surface area contributed by atoms with Crippen molar-refractivity contribution in [3.63, 3.8) is 0 Å². The highest BCUT2D eigenvalue weighted by atomic mass is 16.6. The Morgan fingerprint density at radius 1 is 1.57 bits per heavy atom. The first-order chi connectivity index (χ1) is 6.49. The van der Waals surface area contributed by atoms with Crippen molar-refractivity contribution < 1.29 is 19.0 Å².